The molecule has 2 aromatic rings. The summed E-state index contributed by atoms with van der Waals surface area (Å²) < 4.78 is 11.4. The molecule has 2 aliphatic rings. The first-order valence-corrected chi connectivity index (χ1v) is 11.4. The van der Waals surface area contributed by atoms with Crippen molar-refractivity contribution in [2.75, 3.05) is 57.9 Å². The molecule has 0 amide bonds. The molecule has 2 fully saturated rings. The molecule has 2 N–H and O–H groups in total. The van der Waals surface area contributed by atoms with Crippen LogP contribution in [0.2, 0.25) is 0 Å². The summed E-state index contributed by atoms with van der Waals surface area (Å²) in [7, 11) is 1.74. The number of nitrogens with two attached hydrogens (primary N) is 1. The van der Waals surface area contributed by atoms with Crippen LogP contribution < -0.4 is 15.4 Å². The molecule has 0 atom stereocenters. The van der Waals surface area contributed by atoms with Crippen molar-refractivity contribution in [3.63, 3.8) is 0 Å². The first-order chi connectivity index (χ1) is 14.6. The van der Waals surface area contributed by atoms with E-state index in [9.17, 15) is 0 Å². The molecular formula is C22H31N5O2S. The van der Waals surface area contributed by atoms with Gasteiger partial charge >= 0.3 is 0 Å². The van der Waals surface area contributed by atoms with Gasteiger partial charge in [-0.2, -0.15) is 0 Å². The summed E-state index contributed by atoms with van der Waals surface area (Å²) in [5.41, 5.74) is 8.79. The summed E-state index contributed by atoms with van der Waals surface area (Å²) in [5.74, 6) is 1.56. The highest BCUT2D eigenvalue weighted by molar-refractivity contribution is 7.13. The summed E-state index contributed by atoms with van der Waals surface area (Å²) in [6.07, 6.45) is 3.69. The van der Waals surface area contributed by atoms with Gasteiger partial charge in [-0.25, -0.2) is 4.98 Å². The number of nitrogens with zero attached hydrogens (tertiary/aromatic N) is 4. The predicted molar refractivity (Wildman–Crippen MR) is 122 cm³/mol. The van der Waals surface area contributed by atoms with Gasteiger partial charge in [-0.3, -0.25) is 4.99 Å². The van der Waals surface area contributed by atoms with Crippen molar-refractivity contribution in [3.05, 3.63) is 40.9 Å². The number of methoxy groups -OCH3 is 1. The van der Waals surface area contributed by atoms with Crippen LogP contribution in [0.4, 0.5) is 5.13 Å². The van der Waals surface area contributed by atoms with E-state index < -0.39 is 0 Å². The van der Waals surface area contributed by atoms with Crippen molar-refractivity contribution >= 4 is 22.4 Å². The second kappa shape index (κ2) is 9.22. The molecule has 7 nitrogen and oxygen atoms in total. The van der Waals surface area contributed by atoms with Crippen molar-refractivity contribution in [2.24, 2.45) is 10.7 Å². The molecule has 30 heavy (non-hydrogen) atoms. The molecule has 0 aliphatic carbocycles. The summed E-state index contributed by atoms with van der Waals surface area (Å²) >= 11 is 1.68. The maximum atomic E-state index is 6.45. The molecule has 0 spiro atoms. The third-order valence-electron chi connectivity index (χ3n) is 6.21. The number of anilines is 1. The van der Waals surface area contributed by atoms with E-state index >= 15 is 0 Å². The van der Waals surface area contributed by atoms with Crippen LogP contribution in [0, 0.1) is 6.92 Å². The van der Waals surface area contributed by atoms with Gasteiger partial charge in [0.25, 0.3) is 0 Å². The summed E-state index contributed by atoms with van der Waals surface area (Å²) in [4.78, 5) is 13.8. The molecule has 0 bridgehead atoms. The van der Waals surface area contributed by atoms with Crippen molar-refractivity contribution in [1.82, 2.24) is 9.88 Å². The zero-order valence-electron chi connectivity index (χ0n) is 17.8. The van der Waals surface area contributed by atoms with Crippen molar-refractivity contribution in [2.45, 2.75) is 25.2 Å². The van der Waals surface area contributed by atoms with Crippen LogP contribution in [0.15, 0.2) is 34.8 Å². The van der Waals surface area contributed by atoms with Crippen LogP contribution in [-0.2, 0) is 10.2 Å². The fourth-order valence-electron chi connectivity index (χ4n) is 4.34. The van der Waals surface area contributed by atoms with Gasteiger partial charge in [-0.05, 0) is 25.8 Å². The number of benzene rings is 1. The van der Waals surface area contributed by atoms with E-state index in [4.69, 9.17) is 20.2 Å². The smallest absolute Gasteiger partial charge is 0.191 e. The minimum atomic E-state index is -0.108. The lowest BCUT2D eigenvalue weighted by Crippen LogP contribution is -2.51. The van der Waals surface area contributed by atoms with Crippen LogP contribution in [0.3, 0.4) is 0 Å². The lowest BCUT2D eigenvalue weighted by Gasteiger charge is -2.38. The number of piperazine rings is 1. The Morgan fingerprint density at radius 2 is 2.03 bits per heavy atom. The Balaban J connectivity index is 1.49. The van der Waals surface area contributed by atoms with Crippen LogP contribution in [0.25, 0.3) is 0 Å². The van der Waals surface area contributed by atoms with E-state index in [-0.39, 0.29) is 5.41 Å². The molecule has 0 unspecified atom stereocenters. The number of aryl methyl sites for hydroxylation is 1. The fourth-order valence-corrected chi connectivity index (χ4v) is 5.04. The average molecular weight is 430 g/mol. The monoisotopic (exact) mass is 429 g/mol. The SMILES string of the molecule is COc1ccc(C)cc1C1(CN=C(N)N2CCN(c3nccs3)CC2)CCOCC1. The molecule has 1 aromatic carbocycles. The first-order valence-electron chi connectivity index (χ1n) is 10.5. The number of aromatic nitrogens is 1. The molecule has 2 aliphatic heterocycles. The molecule has 162 valence electrons. The molecular weight excluding hydrogens is 398 g/mol. The van der Waals surface area contributed by atoms with Crippen molar-refractivity contribution in [3.8, 4) is 5.75 Å². The Morgan fingerprint density at radius 1 is 1.27 bits per heavy atom. The normalized spacial score (nSPS) is 19.7. The molecule has 8 heteroatoms. The summed E-state index contributed by atoms with van der Waals surface area (Å²) in [6, 6.07) is 6.39. The van der Waals surface area contributed by atoms with E-state index in [0.717, 1.165) is 63.1 Å². The molecule has 3 heterocycles. The minimum Gasteiger partial charge on any atom is -0.496 e. The van der Waals surface area contributed by atoms with Crippen LogP contribution in [-0.4, -0.2) is 68.9 Å². The van der Waals surface area contributed by atoms with E-state index in [1.807, 2.05) is 11.6 Å². The van der Waals surface area contributed by atoms with E-state index in [0.29, 0.717) is 12.5 Å². The summed E-state index contributed by atoms with van der Waals surface area (Å²) in [5, 5.41) is 3.10. The highest BCUT2D eigenvalue weighted by atomic mass is 32.1. The second-order valence-electron chi connectivity index (χ2n) is 8.06. The highest BCUT2D eigenvalue weighted by Crippen LogP contribution is 2.40. The van der Waals surface area contributed by atoms with Gasteiger partial charge < -0.3 is 25.0 Å². The quantitative estimate of drug-likeness (QED) is 0.582. The van der Waals surface area contributed by atoms with E-state index in [1.165, 1.54) is 11.1 Å². The molecule has 4 rings (SSSR count). The Labute approximate surface area is 182 Å². The maximum absolute atomic E-state index is 6.45. The van der Waals surface area contributed by atoms with Gasteiger partial charge in [-0.1, -0.05) is 17.7 Å². The predicted octanol–water partition coefficient (Wildman–Crippen LogP) is 2.65. The third-order valence-corrected chi connectivity index (χ3v) is 7.05. The lowest BCUT2D eigenvalue weighted by molar-refractivity contribution is 0.0522. The second-order valence-corrected chi connectivity index (χ2v) is 8.93. The molecule has 1 aromatic heterocycles. The van der Waals surface area contributed by atoms with Gasteiger partial charge in [0.1, 0.15) is 5.75 Å². The van der Waals surface area contributed by atoms with E-state index in [1.54, 1.807) is 18.4 Å². The largest absolute Gasteiger partial charge is 0.496 e. The Bertz CT molecular complexity index is 856. The van der Waals surface area contributed by atoms with Gasteiger partial charge in [0.2, 0.25) is 0 Å². The standard InChI is InChI=1S/C22H31N5O2S/c1-17-3-4-19(28-2)18(15-17)22(5-12-29-13-6-22)16-25-20(23)26-8-10-27(11-9-26)21-24-7-14-30-21/h3-4,7,14-15H,5-6,8-13,16H2,1-2H3,(H2,23,25). The Hall–Kier alpha value is -2.32. The average Bonchev–Trinajstić information content (AvgIpc) is 3.33. The Kier molecular flexibility index (Phi) is 6.43. The number of rotatable bonds is 5. The number of guanidine groups is 1. The zero-order chi connectivity index (χ0) is 21.0. The first kappa shape index (κ1) is 20.9. The van der Waals surface area contributed by atoms with Crippen LogP contribution in [0.1, 0.15) is 24.0 Å². The lowest BCUT2D eigenvalue weighted by atomic mass is 9.73. The van der Waals surface area contributed by atoms with Gasteiger partial charge in [-0.15, -0.1) is 11.3 Å². The minimum absolute atomic E-state index is 0.108. The molecule has 2 saturated heterocycles. The van der Waals surface area contributed by atoms with Crippen LogP contribution >= 0.6 is 11.3 Å². The topological polar surface area (TPSA) is 76.2 Å². The third kappa shape index (κ3) is 4.39. The summed E-state index contributed by atoms with van der Waals surface area (Å²) in [6.45, 7) is 7.78. The fraction of sp³-hybridized carbons (Fsp3) is 0.545. The van der Waals surface area contributed by atoms with Gasteiger partial charge in [0.15, 0.2) is 11.1 Å². The van der Waals surface area contributed by atoms with Gasteiger partial charge in [0.05, 0.1) is 13.7 Å². The highest BCUT2D eigenvalue weighted by Gasteiger charge is 2.37. The van der Waals surface area contributed by atoms with E-state index in [2.05, 4.69) is 39.9 Å². The number of ether oxygens (including phenoxy) is 2. The number of aliphatic imine (C=N–C) groups is 1. The van der Waals surface area contributed by atoms with Crippen LogP contribution in [0.5, 0.6) is 5.75 Å². The number of thiazole rings is 1. The number of hydrogen-bond acceptors (Lipinski definition) is 6. The molecule has 0 saturated carbocycles. The zero-order valence-corrected chi connectivity index (χ0v) is 18.7. The van der Waals surface area contributed by atoms with Crippen molar-refractivity contribution < 1.29 is 9.47 Å². The van der Waals surface area contributed by atoms with Crippen molar-refractivity contribution in [1.29, 1.82) is 0 Å². The molecule has 0 radical (unpaired) electrons. The Morgan fingerprint density at radius 3 is 2.70 bits per heavy atom. The number of hydrogen-bond donors (Lipinski definition) is 1. The maximum Gasteiger partial charge on any atom is 0.191 e. The van der Waals surface area contributed by atoms with Gasteiger partial charge in [0, 0.05) is 61.9 Å².